The van der Waals surface area contributed by atoms with Gasteiger partial charge < -0.3 is 0 Å². The van der Waals surface area contributed by atoms with E-state index in [0.717, 1.165) is 0 Å². The summed E-state index contributed by atoms with van der Waals surface area (Å²) in [7, 11) is 5.34. The van der Waals surface area contributed by atoms with Crippen LogP contribution >= 0.6 is 10.0 Å². The van der Waals surface area contributed by atoms with Gasteiger partial charge in [-0.15, -0.1) is 0 Å². The molecule has 0 aliphatic heterocycles. The molecule has 0 saturated heterocycles. The number of halogens is 1. The third kappa shape index (κ3) is 6.17. The van der Waals surface area contributed by atoms with Gasteiger partial charge in [-0.25, -0.2) is 0 Å². The summed E-state index contributed by atoms with van der Waals surface area (Å²) in [5.74, 6) is 0. The van der Waals surface area contributed by atoms with Crippen molar-refractivity contribution in [2.45, 2.75) is 0 Å². The minimum atomic E-state index is 0.111. The van der Waals surface area contributed by atoms with Crippen LogP contribution < -0.4 is 0 Å². The fourth-order valence-electron chi connectivity index (χ4n) is 0.139. The molecule has 0 amide bonds. The molecule has 0 radical (unpaired) electrons. The first-order chi connectivity index (χ1) is 3.41. The summed E-state index contributed by atoms with van der Waals surface area (Å²) in [4.78, 5) is 1.87. The molecule has 0 nitrogen and oxygen atoms in total. The summed E-state index contributed by atoms with van der Waals surface area (Å²) in [6.07, 6.45) is 5.04. The zero-order valence-electron chi connectivity index (χ0n) is 3.67. The van der Waals surface area contributed by atoms with Crippen LogP contribution in [0.15, 0.2) is 18.2 Å². The van der Waals surface area contributed by atoms with Crippen molar-refractivity contribution >= 4 is 14.9 Å². The second-order valence-corrected chi connectivity index (χ2v) is 2.24. The van der Waals surface area contributed by atoms with Crippen molar-refractivity contribution in [3.05, 3.63) is 24.8 Å². The minimum absolute atomic E-state index is 0.111. The van der Waals surface area contributed by atoms with E-state index in [-0.39, 0.29) is 13.9 Å². The molecule has 0 aromatic carbocycles. The Bertz CT molecular complexity index is 94.3. The maximum absolute atomic E-state index is 5.34. The van der Waals surface area contributed by atoms with Gasteiger partial charge >= 0.3 is 53.6 Å². The summed E-state index contributed by atoms with van der Waals surface area (Å²) >= 11 is 0.111. The van der Waals surface area contributed by atoms with Crippen molar-refractivity contribution in [2.24, 2.45) is 0 Å². The molecule has 0 aromatic rings. The van der Waals surface area contributed by atoms with Crippen molar-refractivity contribution in [1.82, 2.24) is 0 Å². The molecule has 0 aromatic heterocycles. The molecule has 0 aliphatic rings. The van der Waals surface area contributed by atoms with Crippen LogP contribution in [-0.2, 0) is 13.9 Å². The summed E-state index contributed by atoms with van der Waals surface area (Å²) in [5, 5.41) is 0. The maximum atomic E-state index is 5.34. The summed E-state index contributed by atoms with van der Waals surface area (Å²) in [6, 6.07) is 0. The van der Waals surface area contributed by atoms with Gasteiger partial charge in [0, 0.05) is 0 Å². The van der Waals surface area contributed by atoms with Crippen LogP contribution in [0, 0.1) is 6.58 Å². The van der Waals surface area contributed by atoms with Crippen LogP contribution in [-0.4, -0.2) is 4.88 Å². The van der Waals surface area contributed by atoms with Crippen LogP contribution in [0.25, 0.3) is 0 Å². The van der Waals surface area contributed by atoms with Crippen LogP contribution in [0.4, 0.5) is 0 Å². The second-order valence-electron chi connectivity index (χ2n) is 0.803. The number of hydrogen-bond donors (Lipinski definition) is 0. The van der Waals surface area contributed by atoms with Gasteiger partial charge in [0.2, 0.25) is 0 Å². The molecule has 0 heterocycles. The first-order valence-corrected chi connectivity index (χ1v) is 4.21. The van der Waals surface area contributed by atoms with Gasteiger partial charge in [0.15, 0.2) is 0 Å². The van der Waals surface area contributed by atoms with Crippen molar-refractivity contribution in [2.75, 3.05) is 0 Å². The van der Waals surface area contributed by atoms with Gasteiger partial charge in [0.05, 0.1) is 0 Å². The van der Waals surface area contributed by atoms with Crippen molar-refractivity contribution < 1.29 is 13.9 Å². The molecule has 2 heteroatoms. The Kier molecular flexibility index (Phi) is 6.32. The fraction of sp³-hybridized carbons (Fsp3) is 0. The van der Waals surface area contributed by atoms with Crippen molar-refractivity contribution in [3.8, 4) is 0 Å². The number of hydrogen-bond acceptors (Lipinski definition) is 0. The summed E-state index contributed by atoms with van der Waals surface area (Å²) in [5.41, 5.74) is 0. The average Bonchev–Trinajstić information content (AvgIpc) is 1.69. The Balaban J connectivity index is 3.27. The molecule has 39 valence electrons. The SMILES string of the molecule is [CH-]=C/C=C\[CH]=[Cr][Cl]. The fourth-order valence-corrected chi connectivity index (χ4v) is 0.618. The van der Waals surface area contributed by atoms with Crippen LogP contribution in [0.2, 0.25) is 0 Å². The predicted molar refractivity (Wildman–Crippen MR) is 29.9 cm³/mol. The molecule has 0 saturated carbocycles. The van der Waals surface area contributed by atoms with Crippen molar-refractivity contribution in [3.63, 3.8) is 0 Å². The molecule has 0 atom stereocenters. The molecule has 0 unspecified atom stereocenters. The molecule has 7 heavy (non-hydrogen) atoms. The zero-order valence-corrected chi connectivity index (χ0v) is 5.70. The molecule has 0 rings (SSSR count). The third-order valence-corrected chi connectivity index (χ3v) is 1.18. The van der Waals surface area contributed by atoms with Gasteiger partial charge in [-0.1, -0.05) is 0 Å². The average molecular weight is 153 g/mol. The Hall–Kier alpha value is 0.172. The summed E-state index contributed by atoms with van der Waals surface area (Å²) in [6.45, 7) is 5.00. The van der Waals surface area contributed by atoms with E-state index in [1.165, 1.54) is 6.08 Å². The molecule has 0 N–H and O–H groups in total. The molecular weight excluding hydrogens is 148 g/mol. The van der Waals surface area contributed by atoms with E-state index in [4.69, 9.17) is 16.6 Å². The van der Waals surface area contributed by atoms with E-state index < -0.39 is 0 Å². The van der Waals surface area contributed by atoms with Gasteiger partial charge in [0.1, 0.15) is 0 Å². The van der Waals surface area contributed by atoms with Gasteiger partial charge in [-0.2, -0.15) is 0 Å². The Labute approximate surface area is 53.9 Å². The van der Waals surface area contributed by atoms with E-state index in [2.05, 4.69) is 0 Å². The monoisotopic (exact) mass is 152 g/mol. The van der Waals surface area contributed by atoms with E-state index in [1.807, 2.05) is 11.0 Å². The standard InChI is InChI=1S/C5H5.ClH.Cr/c1-3-5-4-2;;/h1-5H;1H;/q-1;;+1/p-1/b5-3-;;. The zero-order chi connectivity index (χ0) is 5.54. The van der Waals surface area contributed by atoms with Crippen LogP contribution in [0.3, 0.4) is 0 Å². The molecule has 0 fully saturated rings. The van der Waals surface area contributed by atoms with Crippen molar-refractivity contribution in [1.29, 1.82) is 0 Å². The Morgan fingerprint density at radius 3 is 2.57 bits per heavy atom. The third-order valence-electron chi connectivity index (χ3n) is 0.352. The number of rotatable bonds is 2. The normalized spacial score (nSPS) is 11.0. The number of allylic oxidation sites excluding steroid dienone is 3. The van der Waals surface area contributed by atoms with Gasteiger partial charge in [-0.05, 0) is 0 Å². The quantitative estimate of drug-likeness (QED) is 0.416. The van der Waals surface area contributed by atoms with E-state index in [9.17, 15) is 0 Å². The van der Waals surface area contributed by atoms with E-state index in [1.54, 1.807) is 6.08 Å². The molecule has 0 spiro atoms. The Morgan fingerprint density at radius 1 is 1.43 bits per heavy atom. The molecule has 0 aliphatic carbocycles. The van der Waals surface area contributed by atoms with Gasteiger partial charge in [-0.3, -0.25) is 0 Å². The first kappa shape index (κ1) is 7.17. The first-order valence-electron chi connectivity index (χ1n) is 1.72. The van der Waals surface area contributed by atoms with Crippen LogP contribution in [0.1, 0.15) is 0 Å². The van der Waals surface area contributed by atoms with Crippen LogP contribution in [0.5, 0.6) is 0 Å². The second kappa shape index (κ2) is 6.17. The topological polar surface area (TPSA) is 0 Å². The summed E-state index contributed by atoms with van der Waals surface area (Å²) < 4.78 is 0. The van der Waals surface area contributed by atoms with Gasteiger partial charge in [0.25, 0.3) is 0 Å². The predicted octanol–water partition coefficient (Wildman–Crippen LogP) is 1.57. The van der Waals surface area contributed by atoms with E-state index in [0.29, 0.717) is 0 Å². The molecular formula is C5H5ClCr-. The molecule has 0 bridgehead atoms. The Morgan fingerprint density at radius 2 is 2.14 bits per heavy atom. The van der Waals surface area contributed by atoms with E-state index >= 15 is 0 Å².